The van der Waals surface area contributed by atoms with Crippen molar-refractivity contribution >= 4 is 28.7 Å². The molecule has 7 heteroatoms. The molecule has 0 saturated carbocycles. The second kappa shape index (κ2) is 19.6. The summed E-state index contributed by atoms with van der Waals surface area (Å²) < 4.78 is 8.25. The first-order chi connectivity index (χ1) is 19.5. The Labute approximate surface area is 261 Å². The van der Waals surface area contributed by atoms with E-state index in [0.717, 1.165) is 24.9 Å². The maximum absolute atomic E-state index is 13.1. The number of carbonyl (C=O) groups excluding carboxylic acids is 2. The number of aromatic nitrogens is 1. The zero-order chi connectivity index (χ0) is 28.6. The van der Waals surface area contributed by atoms with Crippen LogP contribution in [-0.2, 0) is 6.54 Å². The van der Waals surface area contributed by atoms with Crippen molar-refractivity contribution in [3.05, 3.63) is 75.7 Å². The lowest BCUT2D eigenvalue weighted by Crippen LogP contribution is -3.00. The molecule has 0 aliphatic rings. The maximum atomic E-state index is 13.1. The molecule has 0 bridgehead atoms. The van der Waals surface area contributed by atoms with Crippen LogP contribution in [0.15, 0.2) is 54.2 Å². The number of unbranched alkanes of at least 4 members (excludes halogenated alkanes) is 11. The Bertz CT molecular complexity index is 1190. The molecule has 3 rings (SSSR count). The van der Waals surface area contributed by atoms with Crippen LogP contribution in [0.5, 0.6) is 5.75 Å². The monoisotopic (exact) mass is 642 g/mol. The predicted octanol–water partition coefficient (Wildman–Crippen LogP) is 5.93. The molecule has 0 fully saturated rings. The predicted molar refractivity (Wildman–Crippen MR) is 166 cm³/mol. The number of nitrogens with zero attached hydrogens (tertiary/aromatic N) is 1. The molecule has 224 valence electrons. The molecule has 1 amide bonds. The number of thiazole rings is 1. The molecule has 3 aromatic rings. The molecule has 1 N–H and O–H groups in total. The summed E-state index contributed by atoms with van der Waals surface area (Å²) in [6, 6.07) is 13.0. The Morgan fingerprint density at radius 1 is 0.854 bits per heavy atom. The lowest BCUT2D eigenvalue weighted by Gasteiger charge is -2.15. The van der Waals surface area contributed by atoms with Gasteiger partial charge in [0.25, 0.3) is 5.91 Å². The van der Waals surface area contributed by atoms with Crippen molar-refractivity contribution in [2.24, 2.45) is 0 Å². The number of Topliss-reactive ketones (excluding diaryl/α,β-unsaturated/α-hetero) is 1. The number of amides is 1. The Morgan fingerprint density at radius 2 is 1.46 bits per heavy atom. The Morgan fingerprint density at radius 3 is 2.02 bits per heavy atom. The number of para-hydroxylation sites is 1. The van der Waals surface area contributed by atoms with Gasteiger partial charge in [0.15, 0.2) is 24.3 Å². The standard InChI is InChI=1S/C34H46N2O3S.BrH/c1-4-5-6-7-8-9-10-11-12-13-14-15-23-39-33-31(28(3)37)17-16-18-32(33)35-34(38)30-21-19-29(20-22-30)25-36-24-27(2)40-26-36;/h16-22,24,26H,4-15,23,25H2,1-3H3;1H. The minimum Gasteiger partial charge on any atom is -1.00 e. The molecular weight excluding hydrogens is 596 g/mol. The zero-order valence-corrected chi connectivity index (χ0v) is 27.5. The largest absolute Gasteiger partial charge is 1.00 e. The second-order valence-corrected chi connectivity index (χ2v) is 11.9. The molecule has 41 heavy (non-hydrogen) atoms. The first-order valence-corrected chi connectivity index (χ1v) is 16.0. The Balaban J connectivity index is 0.00000588. The van der Waals surface area contributed by atoms with E-state index in [0.29, 0.717) is 29.2 Å². The van der Waals surface area contributed by atoms with E-state index in [9.17, 15) is 9.59 Å². The van der Waals surface area contributed by atoms with Crippen molar-refractivity contribution in [2.45, 2.75) is 104 Å². The lowest BCUT2D eigenvalue weighted by molar-refractivity contribution is -0.683. The van der Waals surface area contributed by atoms with Gasteiger partial charge < -0.3 is 27.0 Å². The molecule has 1 aromatic heterocycles. The average molecular weight is 644 g/mol. The van der Waals surface area contributed by atoms with Gasteiger partial charge in [-0.1, -0.05) is 107 Å². The van der Waals surface area contributed by atoms with E-state index in [2.05, 4.69) is 35.4 Å². The number of carbonyl (C=O) groups is 2. The van der Waals surface area contributed by atoms with Crippen LogP contribution in [0.25, 0.3) is 0 Å². The number of rotatable bonds is 19. The minimum atomic E-state index is -0.221. The molecule has 1 heterocycles. The normalized spacial score (nSPS) is 10.7. The highest BCUT2D eigenvalue weighted by molar-refractivity contribution is 7.09. The summed E-state index contributed by atoms with van der Waals surface area (Å²) in [5.41, 5.74) is 4.82. The van der Waals surface area contributed by atoms with Gasteiger partial charge in [-0.25, -0.2) is 0 Å². The molecule has 0 aliphatic heterocycles. The number of hydrogen-bond acceptors (Lipinski definition) is 4. The van der Waals surface area contributed by atoms with Crippen LogP contribution in [0, 0.1) is 6.92 Å². The number of aryl methyl sites for hydroxylation is 1. The highest BCUT2D eigenvalue weighted by Gasteiger charge is 2.16. The fraction of sp³-hybridized carbons (Fsp3) is 0.500. The molecule has 0 radical (unpaired) electrons. The minimum absolute atomic E-state index is 0. The molecule has 0 saturated heterocycles. The van der Waals surface area contributed by atoms with Crippen LogP contribution in [0.3, 0.4) is 0 Å². The van der Waals surface area contributed by atoms with Crippen LogP contribution >= 0.6 is 11.3 Å². The summed E-state index contributed by atoms with van der Waals surface area (Å²) in [6.07, 6.45) is 17.5. The number of hydrogen-bond donors (Lipinski definition) is 1. The third kappa shape index (κ3) is 12.5. The zero-order valence-electron chi connectivity index (χ0n) is 25.1. The number of benzene rings is 2. The van der Waals surface area contributed by atoms with Crippen molar-refractivity contribution < 1.29 is 35.9 Å². The van der Waals surface area contributed by atoms with Gasteiger partial charge in [0.05, 0.1) is 22.7 Å². The average Bonchev–Trinajstić information content (AvgIpc) is 3.36. The summed E-state index contributed by atoms with van der Waals surface area (Å²) in [5, 5.41) is 2.97. The van der Waals surface area contributed by atoms with E-state index >= 15 is 0 Å². The van der Waals surface area contributed by atoms with Crippen LogP contribution in [0.1, 0.15) is 122 Å². The van der Waals surface area contributed by atoms with Gasteiger partial charge in [-0.2, -0.15) is 4.57 Å². The van der Waals surface area contributed by atoms with Gasteiger partial charge in [-0.15, -0.1) is 0 Å². The molecule has 0 aliphatic carbocycles. The van der Waals surface area contributed by atoms with Crippen molar-refractivity contribution in [1.82, 2.24) is 0 Å². The summed E-state index contributed by atoms with van der Waals surface area (Å²) in [5.74, 6) is 0.167. The van der Waals surface area contributed by atoms with Crippen LogP contribution in [0.2, 0.25) is 0 Å². The lowest BCUT2D eigenvalue weighted by atomic mass is 10.1. The summed E-state index contributed by atoms with van der Waals surface area (Å²) in [7, 11) is 0. The number of halogens is 1. The van der Waals surface area contributed by atoms with Crippen molar-refractivity contribution in [2.75, 3.05) is 11.9 Å². The van der Waals surface area contributed by atoms with Gasteiger partial charge in [-0.05, 0) is 44.5 Å². The van der Waals surface area contributed by atoms with E-state index in [1.165, 1.54) is 76.0 Å². The first kappa shape index (κ1) is 34.7. The Hall–Kier alpha value is -2.51. The molecule has 2 aromatic carbocycles. The molecular formula is C34H47BrN2O3S. The highest BCUT2D eigenvalue weighted by Crippen LogP contribution is 2.30. The maximum Gasteiger partial charge on any atom is 0.255 e. The number of anilines is 1. The number of nitrogens with one attached hydrogen (secondary N) is 1. The third-order valence-electron chi connectivity index (χ3n) is 7.19. The van der Waals surface area contributed by atoms with E-state index in [4.69, 9.17) is 4.74 Å². The fourth-order valence-electron chi connectivity index (χ4n) is 4.88. The van der Waals surface area contributed by atoms with Crippen LogP contribution < -0.4 is 31.6 Å². The van der Waals surface area contributed by atoms with Gasteiger partial charge in [-0.3, -0.25) is 9.59 Å². The Kier molecular flexibility index (Phi) is 16.6. The summed E-state index contributed by atoms with van der Waals surface area (Å²) in [4.78, 5) is 26.6. The molecule has 0 spiro atoms. The van der Waals surface area contributed by atoms with E-state index in [-0.39, 0.29) is 28.7 Å². The van der Waals surface area contributed by atoms with Crippen LogP contribution in [0.4, 0.5) is 5.69 Å². The quantitative estimate of drug-likeness (QED) is 0.100. The smallest absolute Gasteiger partial charge is 0.255 e. The van der Waals surface area contributed by atoms with Crippen LogP contribution in [-0.4, -0.2) is 18.3 Å². The summed E-state index contributed by atoms with van der Waals surface area (Å²) >= 11 is 1.72. The fourth-order valence-corrected chi connectivity index (χ4v) is 5.51. The SMILES string of the molecule is CCCCCCCCCCCCCCOc1c(NC(=O)c2ccc(C[n+]3csc(C)c3)cc2)cccc1C(C)=O.[Br-]. The van der Waals surface area contributed by atoms with E-state index in [1.807, 2.05) is 24.3 Å². The summed E-state index contributed by atoms with van der Waals surface area (Å²) in [6.45, 7) is 7.18. The van der Waals surface area contributed by atoms with Gasteiger partial charge in [0.2, 0.25) is 5.51 Å². The van der Waals surface area contributed by atoms with Crippen molar-refractivity contribution in [1.29, 1.82) is 0 Å². The molecule has 0 unspecified atom stereocenters. The van der Waals surface area contributed by atoms with E-state index in [1.54, 1.807) is 29.5 Å². The molecule has 0 atom stereocenters. The first-order valence-electron chi connectivity index (χ1n) is 15.1. The van der Waals surface area contributed by atoms with Gasteiger partial charge in [0, 0.05) is 11.1 Å². The van der Waals surface area contributed by atoms with Crippen molar-refractivity contribution in [3.8, 4) is 5.75 Å². The number of ether oxygens (including phenoxy) is 1. The third-order valence-corrected chi connectivity index (χ3v) is 8.04. The number of ketones is 1. The molecule has 5 nitrogen and oxygen atoms in total. The highest BCUT2D eigenvalue weighted by atomic mass is 79.9. The van der Waals surface area contributed by atoms with Gasteiger partial charge >= 0.3 is 0 Å². The van der Waals surface area contributed by atoms with E-state index < -0.39 is 0 Å². The topological polar surface area (TPSA) is 59.3 Å². The van der Waals surface area contributed by atoms with Crippen molar-refractivity contribution in [3.63, 3.8) is 0 Å². The second-order valence-electron chi connectivity index (χ2n) is 10.8. The van der Waals surface area contributed by atoms with Gasteiger partial charge in [0.1, 0.15) is 0 Å².